The van der Waals surface area contributed by atoms with Gasteiger partial charge >= 0.3 is 17.9 Å². The number of ketones is 2. The summed E-state index contributed by atoms with van der Waals surface area (Å²) >= 11 is 0. The Bertz CT molecular complexity index is 1470. The summed E-state index contributed by atoms with van der Waals surface area (Å²) in [6.07, 6.45) is -0.158. The van der Waals surface area contributed by atoms with Crippen LogP contribution < -0.4 is 5.32 Å². The van der Waals surface area contributed by atoms with Gasteiger partial charge in [-0.1, -0.05) is 52.5 Å². The number of carboxylic acids is 1. The molecule has 51 heavy (non-hydrogen) atoms. The Morgan fingerprint density at radius 2 is 1.65 bits per heavy atom. The molecule has 3 saturated carbocycles. The molecule has 0 aliphatic heterocycles. The topological polar surface area (TPSA) is 194 Å². The van der Waals surface area contributed by atoms with Crippen molar-refractivity contribution in [2.24, 2.45) is 22.7 Å². The van der Waals surface area contributed by atoms with Gasteiger partial charge in [0.15, 0.2) is 18.1 Å². The van der Waals surface area contributed by atoms with Crippen molar-refractivity contribution in [3.05, 3.63) is 23.8 Å². The summed E-state index contributed by atoms with van der Waals surface area (Å²) in [6, 6.07) is -1.65. The Hall–Kier alpha value is -3.52. The minimum absolute atomic E-state index is 0.0577. The van der Waals surface area contributed by atoms with E-state index in [4.69, 9.17) is 9.47 Å². The molecule has 4 N–H and O–H groups in total. The van der Waals surface area contributed by atoms with E-state index < -0.39 is 120 Å². The summed E-state index contributed by atoms with van der Waals surface area (Å²) in [5.74, 6) is -8.03. The van der Waals surface area contributed by atoms with Crippen molar-refractivity contribution in [1.82, 2.24) is 5.32 Å². The lowest BCUT2D eigenvalue weighted by Gasteiger charge is -2.63. The first-order valence-corrected chi connectivity index (χ1v) is 18.0. The molecule has 4 aliphatic carbocycles. The molecule has 10 atom stereocenters. The lowest BCUT2D eigenvalue weighted by Crippen LogP contribution is -2.71. The Morgan fingerprint density at radius 3 is 2.29 bits per heavy atom. The van der Waals surface area contributed by atoms with Crippen LogP contribution in [0.25, 0.3) is 0 Å². The summed E-state index contributed by atoms with van der Waals surface area (Å²) < 4.78 is 44.6. The van der Waals surface area contributed by atoms with Gasteiger partial charge in [-0.15, -0.1) is 0 Å². The SMILES string of the molecule is CCCCCCC(=O)NC(CC(=O)OCC(=O)C1(OC(=O)CCCC)C(O)CC2C3CC(F)C4=CC(=O)C=CC4(C)C3(F)C(O)CC21C)C(=O)O. The third-order valence-corrected chi connectivity index (χ3v) is 11.9. The molecular weight excluding hydrogens is 672 g/mol. The number of aliphatic hydroxyl groups is 2. The Labute approximate surface area is 296 Å². The van der Waals surface area contributed by atoms with Gasteiger partial charge in [-0.05, 0) is 62.7 Å². The first-order chi connectivity index (χ1) is 23.9. The summed E-state index contributed by atoms with van der Waals surface area (Å²) in [7, 11) is 0. The van der Waals surface area contributed by atoms with E-state index in [9.17, 15) is 44.1 Å². The minimum atomic E-state index is -2.54. The highest BCUT2D eigenvalue weighted by molar-refractivity contribution is 6.01. The number of allylic oxidation sites excluding steroid dienone is 4. The number of rotatable bonds is 16. The third-order valence-electron chi connectivity index (χ3n) is 11.9. The highest BCUT2D eigenvalue weighted by Gasteiger charge is 2.78. The average molecular weight is 724 g/mol. The first-order valence-electron chi connectivity index (χ1n) is 18.0. The zero-order valence-electron chi connectivity index (χ0n) is 29.8. The molecule has 0 aromatic carbocycles. The lowest BCUT2D eigenvalue weighted by molar-refractivity contribution is -0.235. The molecule has 0 aromatic rings. The molecule has 10 unspecified atom stereocenters. The second-order valence-corrected chi connectivity index (χ2v) is 15.0. The van der Waals surface area contributed by atoms with E-state index in [1.165, 1.54) is 19.9 Å². The lowest BCUT2D eigenvalue weighted by atomic mass is 9.44. The van der Waals surface area contributed by atoms with Gasteiger partial charge < -0.3 is 30.1 Å². The fourth-order valence-corrected chi connectivity index (χ4v) is 9.16. The number of ether oxygens (including phenoxy) is 2. The van der Waals surface area contributed by atoms with E-state index >= 15 is 8.78 Å². The van der Waals surface area contributed by atoms with Crippen LogP contribution in [0.2, 0.25) is 0 Å². The zero-order valence-corrected chi connectivity index (χ0v) is 29.8. The molecule has 14 heteroatoms. The average Bonchev–Trinajstić information content (AvgIpc) is 3.28. The molecule has 284 valence electrons. The van der Waals surface area contributed by atoms with Crippen molar-refractivity contribution in [3.63, 3.8) is 0 Å². The molecule has 3 fully saturated rings. The van der Waals surface area contributed by atoms with Gasteiger partial charge in [0.1, 0.15) is 18.3 Å². The highest BCUT2D eigenvalue weighted by atomic mass is 19.1. The Kier molecular flexibility index (Phi) is 12.3. The van der Waals surface area contributed by atoms with Crippen LogP contribution in [0.1, 0.15) is 105 Å². The van der Waals surface area contributed by atoms with Gasteiger partial charge in [0.2, 0.25) is 17.3 Å². The van der Waals surface area contributed by atoms with E-state index in [2.05, 4.69) is 5.32 Å². The summed E-state index contributed by atoms with van der Waals surface area (Å²) in [5.41, 5.74) is -8.51. The molecule has 12 nitrogen and oxygen atoms in total. The summed E-state index contributed by atoms with van der Waals surface area (Å²) in [4.78, 5) is 76.6. The molecule has 0 saturated heterocycles. The number of halogens is 2. The number of hydrogen-bond donors (Lipinski definition) is 4. The van der Waals surface area contributed by atoms with Crippen molar-refractivity contribution >= 4 is 35.4 Å². The van der Waals surface area contributed by atoms with Gasteiger partial charge in [0.25, 0.3) is 0 Å². The first kappa shape index (κ1) is 40.3. The molecule has 4 rings (SSSR count). The molecule has 0 spiro atoms. The van der Waals surface area contributed by atoms with Crippen LogP contribution in [0.4, 0.5) is 8.78 Å². The number of Topliss-reactive ketones (excluding diaryl/α,β-unsaturated/α-hetero) is 1. The van der Waals surface area contributed by atoms with E-state index in [1.807, 2.05) is 13.8 Å². The van der Waals surface area contributed by atoms with Crippen LogP contribution in [0.15, 0.2) is 23.8 Å². The molecule has 4 aliphatic rings. The van der Waals surface area contributed by atoms with Crippen LogP contribution in [-0.4, -0.2) is 93.0 Å². The van der Waals surface area contributed by atoms with Crippen LogP contribution in [0, 0.1) is 22.7 Å². The maximum absolute atomic E-state index is 17.6. The van der Waals surface area contributed by atoms with Crippen molar-refractivity contribution in [1.29, 1.82) is 0 Å². The van der Waals surface area contributed by atoms with Crippen molar-refractivity contribution in [3.8, 4) is 0 Å². The predicted octanol–water partition coefficient (Wildman–Crippen LogP) is 3.79. The fraction of sp³-hybridized carbons (Fsp3) is 0.730. The van der Waals surface area contributed by atoms with Gasteiger partial charge in [0.05, 0.1) is 12.5 Å². The third kappa shape index (κ3) is 7.14. The van der Waals surface area contributed by atoms with Gasteiger partial charge in [0, 0.05) is 29.6 Å². The van der Waals surface area contributed by atoms with Crippen LogP contribution in [0.5, 0.6) is 0 Å². The highest BCUT2D eigenvalue weighted by Crippen LogP contribution is 2.70. The van der Waals surface area contributed by atoms with Crippen molar-refractivity contribution < 1.29 is 62.3 Å². The molecule has 0 radical (unpaired) electrons. The van der Waals surface area contributed by atoms with Crippen LogP contribution in [0.3, 0.4) is 0 Å². The molecule has 0 bridgehead atoms. The standard InChI is InChI=1S/C37H51F2NO11/c1-5-7-9-10-11-30(45)40-26(33(48)49)18-32(47)50-20-29(44)37(51-31(46)12-8-6-2)27(42)17-22-23-16-25(38)24-15-21(41)13-14-34(24,3)36(23,39)28(43)19-35(22,37)4/h13-15,22-23,25-28,42-43H,5-12,16-20H2,1-4H3,(H,40,45)(H,48,49). The van der Waals surface area contributed by atoms with Gasteiger partial charge in [-0.3, -0.25) is 24.0 Å². The number of alkyl halides is 2. The molecule has 0 aromatic heterocycles. The smallest absolute Gasteiger partial charge is 0.326 e. The number of carboxylic acid groups (broad SMARTS) is 1. The Balaban J connectivity index is 1.61. The minimum Gasteiger partial charge on any atom is -0.480 e. The van der Waals surface area contributed by atoms with Crippen molar-refractivity contribution in [2.45, 2.75) is 140 Å². The molecule has 0 heterocycles. The number of esters is 2. The predicted molar refractivity (Wildman–Crippen MR) is 177 cm³/mol. The number of nitrogens with one attached hydrogen (secondary N) is 1. The van der Waals surface area contributed by atoms with E-state index in [0.717, 1.165) is 31.4 Å². The summed E-state index contributed by atoms with van der Waals surface area (Å²) in [5, 5.41) is 35.3. The van der Waals surface area contributed by atoms with E-state index in [-0.39, 0.29) is 24.8 Å². The zero-order chi connectivity index (χ0) is 37.9. The van der Waals surface area contributed by atoms with Crippen LogP contribution >= 0.6 is 0 Å². The summed E-state index contributed by atoms with van der Waals surface area (Å²) in [6.45, 7) is 5.60. The second-order valence-electron chi connectivity index (χ2n) is 15.0. The van der Waals surface area contributed by atoms with E-state index in [1.54, 1.807) is 0 Å². The fourth-order valence-electron chi connectivity index (χ4n) is 9.16. The quantitative estimate of drug-likeness (QED) is 0.134. The largest absolute Gasteiger partial charge is 0.480 e. The number of unbranched alkanes of at least 4 members (excludes halogenated alkanes) is 4. The Morgan fingerprint density at radius 1 is 0.961 bits per heavy atom. The van der Waals surface area contributed by atoms with Crippen molar-refractivity contribution in [2.75, 3.05) is 6.61 Å². The molecule has 1 amide bonds. The van der Waals surface area contributed by atoms with E-state index in [0.29, 0.717) is 19.3 Å². The van der Waals surface area contributed by atoms with Gasteiger partial charge in [-0.2, -0.15) is 0 Å². The molecular formula is C37H51F2NO11. The number of hydrogen-bond acceptors (Lipinski definition) is 10. The maximum atomic E-state index is 17.6. The monoisotopic (exact) mass is 723 g/mol. The maximum Gasteiger partial charge on any atom is 0.326 e. The second kappa shape index (κ2) is 15.6. The number of carbonyl (C=O) groups excluding carboxylic acids is 5. The van der Waals surface area contributed by atoms with Crippen LogP contribution in [-0.2, 0) is 38.2 Å². The number of aliphatic hydroxyl groups excluding tert-OH is 2. The number of fused-ring (bicyclic) bond motifs is 5. The number of carbonyl (C=O) groups is 6. The number of amides is 1. The number of aliphatic carboxylic acids is 1. The van der Waals surface area contributed by atoms with Gasteiger partial charge in [-0.25, -0.2) is 13.6 Å². The normalized spacial score (nSPS) is 35.8.